The molecule has 8 heteroatoms. The van der Waals surface area contributed by atoms with Gasteiger partial charge in [-0.15, -0.1) is 0 Å². The minimum Gasteiger partial charge on any atom is -0.364 e. The zero-order valence-corrected chi connectivity index (χ0v) is 14.2. The number of ether oxygens (including phenoxy) is 1. The Bertz CT molecular complexity index is 823. The first kappa shape index (κ1) is 16.7. The van der Waals surface area contributed by atoms with Gasteiger partial charge in [-0.3, -0.25) is 9.59 Å². The number of carbonyl (C=O) groups excluding carboxylic acids is 2. The summed E-state index contributed by atoms with van der Waals surface area (Å²) < 4.78 is 23.8. The second-order valence-electron chi connectivity index (χ2n) is 6.76. The van der Waals surface area contributed by atoms with Crippen molar-refractivity contribution in [2.24, 2.45) is 0 Å². The highest BCUT2D eigenvalue weighted by molar-refractivity contribution is 5.96. The molecule has 0 saturated carbocycles. The monoisotopic (exact) mass is 359 g/mol. The van der Waals surface area contributed by atoms with E-state index in [4.69, 9.17) is 9.26 Å². The van der Waals surface area contributed by atoms with Crippen molar-refractivity contribution in [3.05, 3.63) is 48.1 Å². The van der Waals surface area contributed by atoms with Crippen molar-refractivity contribution in [3.63, 3.8) is 0 Å². The van der Waals surface area contributed by atoms with Gasteiger partial charge in [-0.1, -0.05) is 5.16 Å². The number of piperidine rings is 1. The number of benzene rings is 1. The first-order chi connectivity index (χ1) is 12.5. The van der Waals surface area contributed by atoms with E-state index in [1.54, 1.807) is 21.9 Å². The maximum atomic E-state index is 13.2. The van der Waals surface area contributed by atoms with Gasteiger partial charge >= 0.3 is 0 Å². The van der Waals surface area contributed by atoms with Crippen LogP contribution >= 0.6 is 0 Å². The number of halogens is 1. The fraction of sp³-hybridized carbons (Fsp3) is 0.389. The third-order valence-electron chi connectivity index (χ3n) is 5.04. The van der Waals surface area contributed by atoms with Crippen LogP contribution in [0.1, 0.15) is 23.8 Å². The summed E-state index contributed by atoms with van der Waals surface area (Å²) in [4.78, 5) is 28.4. The van der Waals surface area contributed by atoms with Crippen LogP contribution in [0.4, 0.5) is 10.1 Å². The van der Waals surface area contributed by atoms with Gasteiger partial charge < -0.3 is 19.1 Å². The second kappa shape index (κ2) is 6.21. The van der Waals surface area contributed by atoms with Gasteiger partial charge in [0.05, 0.1) is 12.6 Å². The minimum atomic E-state index is -0.722. The van der Waals surface area contributed by atoms with Crippen LogP contribution in [0.25, 0.3) is 0 Å². The predicted octanol–water partition coefficient (Wildman–Crippen LogP) is 1.85. The van der Waals surface area contributed by atoms with Gasteiger partial charge in [0.1, 0.15) is 24.3 Å². The largest absolute Gasteiger partial charge is 0.364 e. The number of amides is 2. The van der Waals surface area contributed by atoms with Crippen molar-refractivity contribution in [3.8, 4) is 0 Å². The van der Waals surface area contributed by atoms with E-state index in [0.717, 1.165) is 0 Å². The maximum Gasteiger partial charge on any atom is 0.276 e. The van der Waals surface area contributed by atoms with Gasteiger partial charge in [0.15, 0.2) is 5.69 Å². The summed E-state index contributed by atoms with van der Waals surface area (Å²) in [5.74, 6) is -0.757. The highest BCUT2D eigenvalue weighted by atomic mass is 19.1. The molecule has 2 saturated heterocycles. The molecule has 0 spiro atoms. The molecule has 2 aliphatic rings. The number of anilines is 1. The fourth-order valence-electron chi connectivity index (χ4n) is 3.74. The molecule has 0 bridgehead atoms. The number of rotatable bonds is 2. The molecule has 2 fully saturated rings. The highest BCUT2D eigenvalue weighted by Gasteiger charge is 2.50. The number of fused-ring (bicyclic) bond motifs is 1. The van der Waals surface area contributed by atoms with Crippen molar-refractivity contribution in [1.82, 2.24) is 10.1 Å². The fourth-order valence-corrected chi connectivity index (χ4v) is 3.74. The molecule has 1 aromatic heterocycles. The van der Waals surface area contributed by atoms with Crippen LogP contribution < -0.4 is 4.90 Å². The Kier molecular flexibility index (Phi) is 3.99. The molecule has 136 valence electrons. The molecule has 4 rings (SSSR count). The van der Waals surface area contributed by atoms with Gasteiger partial charge in [0, 0.05) is 18.3 Å². The van der Waals surface area contributed by atoms with Crippen LogP contribution in [0.2, 0.25) is 0 Å². The maximum absolute atomic E-state index is 13.2. The lowest BCUT2D eigenvalue weighted by Crippen LogP contribution is -2.68. The Hall–Kier alpha value is -2.74. The normalized spacial score (nSPS) is 25.9. The number of likely N-dealkylation sites (tertiary alicyclic amines) is 1. The highest BCUT2D eigenvalue weighted by Crippen LogP contribution is 2.36. The van der Waals surface area contributed by atoms with E-state index in [1.807, 2.05) is 6.92 Å². The average molecular weight is 359 g/mol. The number of hydrogen-bond donors (Lipinski definition) is 0. The Morgan fingerprint density at radius 2 is 2.08 bits per heavy atom. The number of nitrogens with zero attached hydrogens (tertiary/aromatic N) is 3. The molecule has 26 heavy (non-hydrogen) atoms. The number of hydrogen-bond acceptors (Lipinski definition) is 5. The SMILES string of the molecule is C[C@@]12CN(C(=O)c3ccon3)CC[C@H]1N(c1ccc(F)cc1)C(=O)CO2. The van der Waals surface area contributed by atoms with Gasteiger partial charge in [-0.25, -0.2) is 4.39 Å². The smallest absolute Gasteiger partial charge is 0.276 e. The van der Waals surface area contributed by atoms with E-state index < -0.39 is 5.60 Å². The molecule has 7 nitrogen and oxygen atoms in total. The molecule has 0 radical (unpaired) electrons. The van der Waals surface area contributed by atoms with Crippen LogP contribution in [0.5, 0.6) is 0 Å². The second-order valence-corrected chi connectivity index (χ2v) is 6.76. The summed E-state index contributed by atoms with van der Waals surface area (Å²) in [5, 5.41) is 3.69. The predicted molar refractivity (Wildman–Crippen MR) is 89.1 cm³/mol. The lowest BCUT2D eigenvalue weighted by Gasteiger charge is -2.52. The van der Waals surface area contributed by atoms with E-state index in [-0.39, 0.29) is 36.0 Å². The van der Waals surface area contributed by atoms with Crippen molar-refractivity contribution in [2.45, 2.75) is 25.0 Å². The van der Waals surface area contributed by atoms with Gasteiger partial charge in [0.2, 0.25) is 0 Å². The summed E-state index contributed by atoms with van der Waals surface area (Å²) in [6, 6.07) is 7.12. The molecule has 2 atom stereocenters. The summed E-state index contributed by atoms with van der Waals surface area (Å²) in [5.41, 5.74) is 0.154. The van der Waals surface area contributed by atoms with Gasteiger partial charge in [-0.2, -0.15) is 0 Å². The molecule has 1 aromatic carbocycles. The van der Waals surface area contributed by atoms with Crippen molar-refractivity contribution in [2.75, 3.05) is 24.6 Å². The van der Waals surface area contributed by atoms with Crippen molar-refractivity contribution >= 4 is 17.5 Å². The average Bonchev–Trinajstić information content (AvgIpc) is 3.17. The molecule has 0 N–H and O–H groups in total. The topological polar surface area (TPSA) is 75.9 Å². The van der Waals surface area contributed by atoms with E-state index in [0.29, 0.717) is 25.2 Å². The Balaban J connectivity index is 1.60. The van der Waals surface area contributed by atoms with Crippen molar-refractivity contribution in [1.29, 1.82) is 0 Å². The van der Waals surface area contributed by atoms with Crippen LogP contribution in [-0.4, -0.2) is 53.2 Å². The van der Waals surface area contributed by atoms with E-state index >= 15 is 0 Å². The van der Waals surface area contributed by atoms with E-state index in [9.17, 15) is 14.0 Å². The first-order valence-electron chi connectivity index (χ1n) is 8.39. The minimum absolute atomic E-state index is 0.0869. The van der Waals surface area contributed by atoms with E-state index in [2.05, 4.69) is 5.16 Å². The lowest BCUT2D eigenvalue weighted by atomic mass is 9.85. The molecular weight excluding hydrogens is 341 g/mol. The molecule has 0 aliphatic carbocycles. The van der Waals surface area contributed by atoms with Gasteiger partial charge in [-0.05, 0) is 37.6 Å². The molecule has 3 heterocycles. The molecular formula is C18H18FN3O4. The Morgan fingerprint density at radius 3 is 2.77 bits per heavy atom. The Labute approximate surface area is 149 Å². The Morgan fingerprint density at radius 1 is 1.31 bits per heavy atom. The number of morpholine rings is 1. The zero-order valence-electron chi connectivity index (χ0n) is 14.2. The summed E-state index contributed by atoms with van der Waals surface area (Å²) in [6.45, 7) is 2.59. The summed E-state index contributed by atoms with van der Waals surface area (Å²) in [6.07, 6.45) is 1.90. The van der Waals surface area contributed by atoms with Crippen LogP contribution in [0, 0.1) is 5.82 Å². The third-order valence-corrected chi connectivity index (χ3v) is 5.04. The van der Waals surface area contributed by atoms with Crippen molar-refractivity contribution < 1.29 is 23.2 Å². The lowest BCUT2D eigenvalue weighted by molar-refractivity contribution is -0.149. The quantitative estimate of drug-likeness (QED) is 0.818. The standard InChI is InChI=1S/C18H18FN3O4/c1-18-11-21(17(24)14-7-9-26-20-14)8-6-15(18)22(16(23)10-25-18)13-4-2-12(19)3-5-13/h2-5,7,9,15H,6,8,10-11H2,1H3/t15-,18-/m1/s1. The third kappa shape index (κ3) is 2.76. The van der Waals surface area contributed by atoms with Crippen LogP contribution in [-0.2, 0) is 9.53 Å². The zero-order chi connectivity index (χ0) is 18.3. The molecule has 0 unspecified atom stereocenters. The van der Waals surface area contributed by atoms with E-state index in [1.165, 1.54) is 24.5 Å². The first-order valence-corrected chi connectivity index (χ1v) is 8.39. The number of aromatic nitrogens is 1. The molecule has 2 aromatic rings. The van der Waals surface area contributed by atoms with Crippen LogP contribution in [0.3, 0.4) is 0 Å². The molecule has 2 aliphatic heterocycles. The van der Waals surface area contributed by atoms with Crippen LogP contribution in [0.15, 0.2) is 41.1 Å². The van der Waals surface area contributed by atoms with Gasteiger partial charge in [0.25, 0.3) is 11.8 Å². The number of carbonyl (C=O) groups is 2. The summed E-state index contributed by atoms with van der Waals surface area (Å²) >= 11 is 0. The summed E-state index contributed by atoms with van der Waals surface area (Å²) in [7, 11) is 0. The molecule has 2 amide bonds.